The Morgan fingerprint density at radius 1 is 0.938 bits per heavy atom. The molecule has 1 fully saturated rings. The minimum absolute atomic E-state index is 0.326. The quantitative estimate of drug-likeness (QED) is 0.732. The maximum atomic E-state index is 9.72. The zero-order valence-electron chi connectivity index (χ0n) is 19.1. The average Bonchev–Trinajstić information content (AvgIpc) is 3.30. The van der Waals surface area contributed by atoms with E-state index in [9.17, 15) is 5.11 Å². The summed E-state index contributed by atoms with van der Waals surface area (Å²) < 4.78 is 0. The third kappa shape index (κ3) is 4.47. The molecule has 3 heterocycles. The molecule has 3 atom stereocenters. The van der Waals surface area contributed by atoms with Crippen LogP contribution in [0.4, 0.5) is 0 Å². The Morgan fingerprint density at radius 2 is 1.66 bits per heavy atom. The Hall–Kier alpha value is -2.95. The van der Waals surface area contributed by atoms with Crippen LogP contribution in [-0.4, -0.2) is 58.5 Å². The fourth-order valence-electron chi connectivity index (χ4n) is 5.38. The predicted octanol–water partition coefficient (Wildman–Crippen LogP) is 3.80. The number of rotatable bonds is 6. The number of hydrogen-bond acceptors (Lipinski definition) is 5. The van der Waals surface area contributed by atoms with Gasteiger partial charge in [-0.1, -0.05) is 56.3 Å². The van der Waals surface area contributed by atoms with Crippen molar-refractivity contribution >= 4 is 5.84 Å². The molecule has 5 rings (SSSR count). The summed E-state index contributed by atoms with van der Waals surface area (Å²) in [6, 6.07) is 19.7. The molecule has 0 amide bonds. The van der Waals surface area contributed by atoms with Crippen molar-refractivity contribution < 1.29 is 5.11 Å². The van der Waals surface area contributed by atoms with Crippen molar-refractivity contribution in [3.63, 3.8) is 0 Å². The van der Waals surface area contributed by atoms with Crippen LogP contribution in [0.15, 0.2) is 71.5 Å². The summed E-state index contributed by atoms with van der Waals surface area (Å²) in [5.41, 5.74) is 2.63. The molecule has 0 saturated carbocycles. The summed E-state index contributed by atoms with van der Waals surface area (Å²) >= 11 is 0. The highest BCUT2D eigenvalue weighted by atomic mass is 16.3. The molecule has 0 unspecified atom stereocenters. The number of hydrogen-bond donors (Lipinski definition) is 2. The van der Waals surface area contributed by atoms with Gasteiger partial charge in [0.1, 0.15) is 17.4 Å². The zero-order valence-corrected chi connectivity index (χ0v) is 19.1. The summed E-state index contributed by atoms with van der Waals surface area (Å²) in [7, 11) is 0. The number of nitrogens with one attached hydrogen (secondary N) is 1. The lowest BCUT2D eigenvalue weighted by Gasteiger charge is -2.34. The Labute approximate surface area is 191 Å². The molecule has 32 heavy (non-hydrogen) atoms. The smallest absolute Gasteiger partial charge is 0.127 e. The highest BCUT2D eigenvalue weighted by molar-refractivity contribution is 5.95. The largest absolute Gasteiger partial charge is 0.508 e. The van der Waals surface area contributed by atoms with Gasteiger partial charge in [0.25, 0.3) is 0 Å². The first-order valence-corrected chi connectivity index (χ1v) is 11.9. The number of amidine groups is 1. The van der Waals surface area contributed by atoms with Gasteiger partial charge in [-0.15, -0.1) is 0 Å². The van der Waals surface area contributed by atoms with Crippen LogP contribution >= 0.6 is 0 Å². The molecule has 0 aliphatic carbocycles. The molecule has 5 heteroatoms. The lowest BCUT2D eigenvalue weighted by molar-refractivity contribution is 0.213. The van der Waals surface area contributed by atoms with Crippen LogP contribution in [0.2, 0.25) is 0 Å². The van der Waals surface area contributed by atoms with E-state index < -0.39 is 0 Å². The molecule has 0 spiro atoms. The van der Waals surface area contributed by atoms with Crippen molar-refractivity contribution in [2.45, 2.75) is 51.2 Å². The molecule has 0 aromatic heterocycles. The van der Waals surface area contributed by atoms with E-state index in [-0.39, 0.29) is 0 Å². The fourth-order valence-corrected chi connectivity index (χ4v) is 5.38. The van der Waals surface area contributed by atoms with Crippen molar-refractivity contribution in [2.24, 2.45) is 10.9 Å². The first kappa shape index (κ1) is 20.9. The monoisotopic (exact) mass is 430 g/mol. The van der Waals surface area contributed by atoms with E-state index in [1.807, 2.05) is 0 Å². The second-order valence-electron chi connectivity index (χ2n) is 9.87. The van der Waals surface area contributed by atoms with Crippen molar-refractivity contribution in [1.82, 2.24) is 15.1 Å². The lowest BCUT2D eigenvalue weighted by atomic mass is 10.0. The highest BCUT2D eigenvalue weighted by Crippen LogP contribution is 2.29. The van der Waals surface area contributed by atoms with Crippen LogP contribution < -0.4 is 5.32 Å². The maximum absolute atomic E-state index is 9.72. The van der Waals surface area contributed by atoms with Crippen molar-refractivity contribution in [1.29, 1.82) is 0 Å². The minimum atomic E-state index is 0.326. The Morgan fingerprint density at radius 3 is 2.41 bits per heavy atom. The molecular formula is C27H34N4O. The Kier molecular flexibility index (Phi) is 5.81. The summed E-state index contributed by atoms with van der Waals surface area (Å²) in [5.74, 6) is 3.34. The van der Waals surface area contributed by atoms with Gasteiger partial charge in [0.2, 0.25) is 0 Å². The summed E-state index contributed by atoms with van der Waals surface area (Å²) in [6.07, 6.45) is 5.43. The van der Waals surface area contributed by atoms with Gasteiger partial charge in [0, 0.05) is 25.2 Å². The Bertz CT molecular complexity index is 982. The van der Waals surface area contributed by atoms with E-state index in [4.69, 9.17) is 4.99 Å². The number of benzene rings is 2. The SMILES string of the molecule is CC(C)C[C@@H]1CN2C(=CC3=NC[C@@H](Cc4ccccc4)N3C[C@H]2Cc2ccc(O)cc2)N1. The van der Waals surface area contributed by atoms with Gasteiger partial charge in [-0.05, 0) is 48.4 Å². The van der Waals surface area contributed by atoms with Crippen LogP contribution in [0, 0.1) is 5.92 Å². The van der Waals surface area contributed by atoms with E-state index in [0.29, 0.717) is 29.8 Å². The minimum Gasteiger partial charge on any atom is -0.508 e. The molecule has 3 aliphatic rings. The number of phenolic OH excluding ortho intramolecular Hbond substituents is 1. The van der Waals surface area contributed by atoms with Gasteiger partial charge in [-0.3, -0.25) is 4.99 Å². The normalized spacial score (nSPS) is 24.5. The molecule has 5 nitrogen and oxygen atoms in total. The van der Waals surface area contributed by atoms with E-state index in [1.54, 1.807) is 12.1 Å². The number of aliphatic imine (C=N–C) groups is 1. The number of nitrogens with zero attached hydrogens (tertiary/aromatic N) is 3. The molecule has 0 bridgehead atoms. The Balaban J connectivity index is 1.41. The van der Waals surface area contributed by atoms with E-state index in [0.717, 1.165) is 38.3 Å². The molecule has 2 N–H and O–H groups in total. The second-order valence-corrected chi connectivity index (χ2v) is 9.87. The topological polar surface area (TPSA) is 51.1 Å². The molecular weight excluding hydrogens is 396 g/mol. The lowest BCUT2D eigenvalue weighted by Crippen LogP contribution is -2.46. The van der Waals surface area contributed by atoms with Gasteiger partial charge in [0.05, 0.1) is 18.6 Å². The van der Waals surface area contributed by atoms with Crippen molar-refractivity contribution in [3.05, 3.63) is 77.6 Å². The number of fused-ring (bicyclic) bond motifs is 2. The second kappa shape index (κ2) is 8.89. The third-order valence-electron chi connectivity index (χ3n) is 6.87. The summed E-state index contributed by atoms with van der Waals surface area (Å²) in [4.78, 5) is 10.1. The van der Waals surface area contributed by atoms with Crippen LogP contribution in [0.5, 0.6) is 5.75 Å². The van der Waals surface area contributed by atoms with Gasteiger partial charge in [-0.2, -0.15) is 0 Å². The number of aromatic hydroxyl groups is 1. The summed E-state index contributed by atoms with van der Waals surface area (Å²) in [6.45, 7) is 7.45. The fraction of sp³-hybridized carbons (Fsp3) is 0.444. The molecule has 2 aromatic carbocycles. The van der Waals surface area contributed by atoms with Crippen LogP contribution in [0.25, 0.3) is 0 Å². The van der Waals surface area contributed by atoms with Gasteiger partial charge in [0.15, 0.2) is 0 Å². The molecule has 1 saturated heterocycles. The van der Waals surface area contributed by atoms with Gasteiger partial charge < -0.3 is 20.2 Å². The number of phenols is 1. The standard InChI is InChI=1S/C27H34N4O/c1-19(2)12-22-17-30-24(14-21-8-10-25(32)11-9-21)18-31-23(13-20-6-4-3-5-7-20)16-28-26(31)15-27(30)29-22/h3-11,15,19,22-24,29,32H,12-14,16-18H2,1-2H3/t22-,23-,24-/m1/s1. The molecule has 168 valence electrons. The molecule has 0 radical (unpaired) electrons. The van der Waals surface area contributed by atoms with Crippen LogP contribution in [0.1, 0.15) is 31.4 Å². The van der Waals surface area contributed by atoms with Crippen molar-refractivity contribution in [3.8, 4) is 5.75 Å². The third-order valence-corrected chi connectivity index (χ3v) is 6.87. The first-order valence-electron chi connectivity index (χ1n) is 11.9. The average molecular weight is 431 g/mol. The molecule has 3 aliphatic heterocycles. The van der Waals surface area contributed by atoms with E-state index in [2.05, 4.69) is 77.5 Å². The van der Waals surface area contributed by atoms with Crippen molar-refractivity contribution in [2.75, 3.05) is 19.6 Å². The highest BCUT2D eigenvalue weighted by Gasteiger charge is 2.39. The van der Waals surface area contributed by atoms with Gasteiger partial charge in [-0.25, -0.2) is 0 Å². The summed E-state index contributed by atoms with van der Waals surface area (Å²) in [5, 5.41) is 13.5. The predicted molar refractivity (Wildman–Crippen MR) is 130 cm³/mol. The van der Waals surface area contributed by atoms with E-state index >= 15 is 0 Å². The zero-order chi connectivity index (χ0) is 22.1. The van der Waals surface area contributed by atoms with Crippen LogP contribution in [-0.2, 0) is 12.8 Å². The maximum Gasteiger partial charge on any atom is 0.127 e. The van der Waals surface area contributed by atoms with E-state index in [1.165, 1.54) is 23.4 Å². The van der Waals surface area contributed by atoms with Crippen LogP contribution in [0.3, 0.4) is 0 Å². The first-order chi connectivity index (χ1) is 15.5. The van der Waals surface area contributed by atoms with Gasteiger partial charge >= 0.3 is 0 Å². The molecule has 2 aromatic rings.